The van der Waals surface area contributed by atoms with Crippen molar-refractivity contribution in [2.75, 3.05) is 19.8 Å². The molecule has 3 atom stereocenters. The molecule has 63 heavy (non-hydrogen) atoms. The summed E-state index contributed by atoms with van der Waals surface area (Å²) in [4.78, 5) is 47.0. The highest BCUT2D eigenvalue weighted by Crippen LogP contribution is 2.56. The van der Waals surface area contributed by atoms with Crippen LogP contribution in [0, 0.1) is 31.4 Å². The minimum atomic E-state index is -1.26. The van der Waals surface area contributed by atoms with Crippen LogP contribution in [0.2, 0.25) is 0 Å². The van der Waals surface area contributed by atoms with Gasteiger partial charge in [-0.25, -0.2) is 23.1 Å². The Morgan fingerprint density at radius 3 is 2.44 bits per heavy atom. The molecule has 1 aliphatic carbocycles. The Hall–Kier alpha value is -6.37. The van der Waals surface area contributed by atoms with Crippen LogP contribution in [0.4, 0.5) is 8.78 Å². The topological polar surface area (TPSA) is 168 Å². The Morgan fingerprint density at radius 1 is 0.984 bits per heavy atom. The van der Waals surface area contributed by atoms with E-state index in [0.717, 1.165) is 29.3 Å². The van der Waals surface area contributed by atoms with Gasteiger partial charge in [0.2, 0.25) is 0 Å². The lowest BCUT2D eigenvalue weighted by Crippen LogP contribution is -2.41. The molecule has 15 nitrogen and oxygen atoms in total. The van der Waals surface area contributed by atoms with E-state index in [4.69, 9.17) is 19.0 Å². The average Bonchev–Trinajstić information content (AvgIpc) is 3.91. The van der Waals surface area contributed by atoms with Gasteiger partial charge < -0.3 is 23.9 Å². The van der Waals surface area contributed by atoms with E-state index in [-0.39, 0.29) is 42.0 Å². The van der Waals surface area contributed by atoms with Crippen LogP contribution >= 0.6 is 0 Å². The Bertz CT molecular complexity index is 3130. The summed E-state index contributed by atoms with van der Waals surface area (Å²) >= 11 is 0. The molecule has 2 fully saturated rings. The number of H-pyrrole nitrogens is 1. The van der Waals surface area contributed by atoms with Crippen molar-refractivity contribution in [2.45, 2.75) is 77.5 Å². The summed E-state index contributed by atoms with van der Waals surface area (Å²) in [5.41, 5.74) is 3.85. The molecule has 7 heterocycles. The van der Waals surface area contributed by atoms with Gasteiger partial charge in [-0.05, 0) is 110 Å². The molecule has 1 saturated heterocycles. The number of hydrogen-bond acceptors (Lipinski definition) is 9. The van der Waals surface area contributed by atoms with Crippen LogP contribution in [0.3, 0.4) is 0 Å². The van der Waals surface area contributed by atoms with Gasteiger partial charge in [-0.3, -0.25) is 23.4 Å². The second kappa shape index (κ2) is 14.3. The van der Waals surface area contributed by atoms with Gasteiger partial charge in [0.25, 0.3) is 5.91 Å². The zero-order chi connectivity index (χ0) is 43.6. The van der Waals surface area contributed by atoms with E-state index in [1.54, 1.807) is 35.6 Å². The number of nitrogens with one attached hydrogen (secondary N) is 1. The van der Waals surface area contributed by atoms with Crippen molar-refractivity contribution in [2.24, 2.45) is 5.92 Å². The Balaban J connectivity index is 1.06. The molecule has 3 unspecified atom stereocenters. The van der Waals surface area contributed by atoms with E-state index < -0.39 is 36.0 Å². The van der Waals surface area contributed by atoms with Gasteiger partial charge in [0, 0.05) is 60.6 Å². The zero-order valence-corrected chi connectivity index (χ0v) is 35.0. The number of aromatic nitrogens is 7. The van der Waals surface area contributed by atoms with E-state index in [2.05, 4.69) is 29.2 Å². The van der Waals surface area contributed by atoms with Gasteiger partial charge >= 0.3 is 18.6 Å². The molecule has 18 heteroatoms. The second-order valence-electron chi connectivity index (χ2n) is 17.4. The molecule has 4 aliphatic rings. The molecule has 322 valence electrons. The highest BCUT2D eigenvalue weighted by Gasteiger charge is 2.59. The molecule has 1 amide bonds. The third-order valence-corrected chi connectivity index (χ3v) is 13.8. The van der Waals surface area contributed by atoms with Crippen LogP contribution < -0.4 is 16.9 Å². The van der Waals surface area contributed by atoms with Crippen molar-refractivity contribution < 1.29 is 32.5 Å². The van der Waals surface area contributed by atoms with Crippen LogP contribution in [0.15, 0.2) is 75.0 Å². The maximum atomic E-state index is 16.0. The number of ether oxygens (including phenoxy) is 1. The van der Waals surface area contributed by atoms with E-state index in [1.165, 1.54) is 33.7 Å². The number of halogens is 2. The Morgan fingerprint density at radius 2 is 1.73 bits per heavy atom. The minimum Gasteiger partial charge on any atom is -0.423 e. The van der Waals surface area contributed by atoms with E-state index in [0.29, 0.717) is 82.8 Å². The lowest BCUT2D eigenvalue weighted by Gasteiger charge is -2.34. The Labute approximate surface area is 358 Å². The first-order valence-corrected chi connectivity index (χ1v) is 21.3. The van der Waals surface area contributed by atoms with Crippen molar-refractivity contribution in [1.29, 1.82) is 0 Å². The SMILES string of the molecule is Cc1cc(-n2nc3c(c2-n2ccn(-c4ccc5c(c4F)COB5O)c2=O)C(C)N(C(=O)c2cc4cc(C5CCOCC5)ccc4n2C2(c4noc(=O)[nH]4)CC2C)CC3)cc(C)c1F. The standard InChI is InChI=1S/C45H43BF2N8O7/c1-23-17-30(18-24(2)38(23)47)56-40(54-14-13-53(44(54)59)35-8-6-32-31(39(35)48)22-62-46(32)60)37-26(4)52(12-9-33(37)50-56)41(57)36-20-29-19-28(27-10-15-61-16-11-27)5-7-34(29)55(36)45(21-25(45)3)42-49-43(58)63-51-42/h5-8,13-14,17-20,25-27,60H,9-12,15-16,21-22H2,1-4H3,(H,49,51,58). The number of carbonyl (C=O) groups excluding carboxylic acids is 1. The van der Waals surface area contributed by atoms with Gasteiger partial charge in [0.15, 0.2) is 11.6 Å². The smallest absolute Gasteiger partial charge is 0.423 e. The first-order chi connectivity index (χ1) is 30.3. The largest absolute Gasteiger partial charge is 0.491 e. The average molecular weight is 857 g/mol. The van der Waals surface area contributed by atoms with Crippen LogP contribution in [0.1, 0.15) is 94.9 Å². The summed E-state index contributed by atoms with van der Waals surface area (Å²) in [7, 11) is -1.26. The number of carbonyl (C=O) groups is 1. The monoisotopic (exact) mass is 856 g/mol. The van der Waals surface area contributed by atoms with Crippen molar-refractivity contribution in [3.05, 3.63) is 139 Å². The second-order valence-corrected chi connectivity index (χ2v) is 17.4. The highest BCUT2D eigenvalue weighted by atomic mass is 19.1. The van der Waals surface area contributed by atoms with Crippen LogP contribution in [-0.2, 0) is 28.0 Å². The first-order valence-electron chi connectivity index (χ1n) is 21.3. The van der Waals surface area contributed by atoms with E-state index in [1.807, 2.05) is 23.6 Å². The van der Waals surface area contributed by atoms with Crippen LogP contribution in [0.5, 0.6) is 0 Å². The molecule has 0 radical (unpaired) electrons. The van der Waals surface area contributed by atoms with Gasteiger partial charge in [0.1, 0.15) is 22.9 Å². The Kier molecular flexibility index (Phi) is 8.98. The fourth-order valence-corrected chi connectivity index (χ4v) is 10.4. The molecule has 0 spiro atoms. The number of aromatic amines is 1. The number of rotatable bonds is 7. The number of imidazole rings is 1. The molecule has 0 bridgehead atoms. The van der Waals surface area contributed by atoms with E-state index >= 15 is 13.6 Å². The number of amides is 1. The molecule has 3 aromatic carbocycles. The van der Waals surface area contributed by atoms with Crippen molar-refractivity contribution in [3.8, 4) is 17.2 Å². The van der Waals surface area contributed by atoms with Gasteiger partial charge in [-0.1, -0.05) is 24.2 Å². The maximum Gasteiger partial charge on any atom is 0.491 e. The summed E-state index contributed by atoms with van der Waals surface area (Å²) in [6, 6.07) is 13.8. The van der Waals surface area contributed by atoms with Gasteiger partial charge in [-0.2, -0.15) is 5.10 Å². The molecule has 11 rings (SSSR count). The predicted octanol–water partition coefficient (Wildman–Crippen LogP) is 4.99. The molecule has 3 aliphatic heterocycles. The highest BCUT2D eigenvalue weighted by molar-refractivity contribution is 6.61. The van der Waals surface area contributed by atoms with Crippen molar-refractivity contribution in [3.63, 3.8) is 0 Å². The molecular weight excluding hydrogens is 813 g/mol. The number of hydrogen-bond donors (Lipinski definition) is 2. The zero-order valence-electron chi connectivity index (χ0n) is 35.0. The van der Waals surface area contributed by atoms with Crippen LogP contribution in [0.25, 0.3) is 28.1 Å². The maximum absolute atomic E-state index is 16.0. The summed E-state index contributed by atoms with van der Waals surface area (Å²) in [5, 5.41) is 20.2. The molecule has 2 N–H and O–H groups in total. The number of benzene rings is 3. The van der Waals surface area contributed by atoms with Crippen molar-refractivity contribution in [1.82, 2.24) is 38.5 Å². The molecular formula is C45H43BF2N8O7. The van der Waals surface area contributed by atoms with Gasteiger partial charge in [0.05, 0.1) is 29.7 Å². The first kappa shape index (κ1) is 39.5. The normalized spacial score (nSPS) is 21.1. The number of aryl methyl sites for hydroxylation is 2. The quantitative estimate of drug-likeness (QED) is 0.210. The van der Waals surface area contributed by atoms with Crippen molar-refractivity contribution >= 4 is 29.4 Å². The fraction of sp³-hybridized carbons (Fsp3) is 0.356. The summed E-state index contributed by atoms with van der Waals surface area (Å²) in [6.45, 7) is 8.76. The number of fused-ring (bicyclic) bond motifs is 3. The van der Waals surface area contributed by atoms with Gasteiger partial charge in [-0.15, -0.1) is 0 Å². The third kappa shape index (κ3) is 5.90. The minimum absolute atomic E-state index is 0.00239. The predicted molar refractivity (Wildman–Crippen MR) is 226 cm³/mol. The van der Waals surface area contributed by atoms with E-state index in [9.17, 15) is 14.6 Å². The number of nitrogens with zero attached hydrogens (tertiary/aromatic N) is 7. The fourth-order valence-electron chi connectivity index (χ4n) is 10.4. The lowest BCUT2D eigenvalue weighted by molar-refractivity contribution is 0.0663. The lowest BCUT2D eigenvalue weighted by atomic mass is 9.79. The molecule has 7 aromatic rings. The molecule has 4 aromatic heterocycles. The molecule has 1 saturated carbocycles. The third-order valence-electron chi connectivity index (χ3n) is 13.8. The van der Waals surface area contributed by atoms with Crippen LogP contribution in [-0.4, -0.2) is 76.3 Å². The summed E-state index contributed by atoms with van der Waals surface area (Å²) in [6.07, 6.45) is 5.70. The summed E-state index contributed by atoms with van der Waals surface area (Å²) in [5.74, 6) is -1.04. The summed E-state index contributed by atoms with van der Waals surface area (Å²) < 4.78 is 53.2.